The Hall–Kier alpha value is -2.45. The second kappa shape index (κ2) is 12.5. The normalized spacial score (nSPS) is 13.3. The van der Waals surface area contributed by atoms with Gasteiger partial charge in [0.25, 0.3) is 0 Å². The predicted molar refractivity (Wildman–Crippen MR) is 137 cm³/mol. The second-order valence-electron chi connectivity index (χ2n) is 10.6. The van der Waals surface area contributed by atoms with Gasteiger partial charge in [-0.15, -0.1) is 35.4 Å². The van der Waals surface area contributed by atoms with Crippen LogP contribution in [0.25, 0.3) is 22.3 Å². The Morgan fingerprint density at radius 2 is 1.20 bits per heavy atom. The van der Waals surface area contributed by atoms with E-state index in [-0.39, 0.29) is 22.3 Å². The van der Waals surface area contributed by atoms with E-state index in [9.17, 15) is 10.2 Å². The molecule has 35 heavy (non-hydrogen) atoms. The molecule has 1 fully saturated rings. The van der Waals surface area contributed by atoms with Crippen molar-refractivity contribution < 1.29 is 35.0 Å². The fourth-order valence-corrected chi connectivity index (χ4v) is 3.93. The van der Waals surface area contributed by atoms with Crippen LogP contribution < -0.4 is 0 Å². The molecule has 1 aliphatic rings. The first-order valence-corrected chi connectivity index (χ1v) is 12.3. The van der Waals surface area contributed by atoms with Crippen LogP contribution in [-0.2, 0) is 35.6 Å². The summed E-state index contributed by atoms with van der Waals surface area (Å²) in [6, 6.07) is 20.9. The Morgan fingerprint density at radius 1 is 0.771 bits per heavy atom. The van der Waals surface area contributed by atoms with E-state index in [1.807, 2.05) is 61.2 Å². The molecule has 1 heterocycles. The van der Waals surface area contributed by atoms with E-state index in [4.69, 9.17) is 8.54 Å². The number of ether oxygens (including phenoxy) is 1. The number of rotatable bonds is 2. The van der Waals surface area contributed by atoms with E-state index < -0.39 is 0 Å². The van der Waals surface area contributed by atoms with Crippen LogP contribution in [0.3, 0.4) is 0 Å². The van der Waals surface area contributed by atoms with Gasteiger partial charge in [0.15, 0.2) is 0 Å². The molecule has 3 aromatic rings. The SMILES string of the molecule is CC(C)(C)c1cccc(-c2[c-]c(-c3cccc(C(C)(C)C)c3O)ccc2)c1O.[CH-]1CCCO1.[O]=[Cr]. The van der Waals surface area contributed by atoms with Gasteiger partial charge in [0.2, 0.25) is 0 Å². The zero-order valence-corrected chi connectivity index (χ0v) is 22.8. The van der Waals surface area contributed by atoms with Crippen molar-refractivity contribution in [3.63, 3.8) is 0 Å². The molecular formula is C30H36CrO4-2. The number of phenolic OH excluding ortho intramolecular Hbond substituents is 2. The van der Waals surface area contributed by atoms with Crippen LogP contribution in [0.5, 0.6) is 11.5 Å². The van der Waals surface area contributed by atoms with Gasteiger partial charge in [-0.1, -0.05) is 84.4 Å². The summed E-state index contributed by atoms with van der Waals surface area (Å²) in [6.07, 6.45) is 2.38. The van der Waals surface area contributed by atoms with Crippen LogP contribution in [0.2, 0.25) is 0 Å². The molecule has 0 amide bonds. The van der Waals surface area contributed by atoms with Gasteiger partial charge >= 0.3 is 20.0 Å². The van der Waals surface area contributed by atoms with Gasteiger partial charge in [-0.2, -0.15) is 6.42 Å². The summed E-state index contributed by atoms with van der Waals surface area (Å²) in [4.78, 5) is 0. The Kier molecular flexibility index (Phi) is 10.3. The van der Waals surface area contributed by atoms with Crippen LogP contribution in [0.4, 0.5) is 0 Å². The third-order valence-electron chi connectivity index (χ3n) is 5.77. The molecule has 0 spiro atoms. The summed E-state index contributed by atoms with van der Waals surface area (Å²) in [6.45, 7) is 15.3. The molecule has 0 aliphatic carbocycles. The van der Waals surface area contributed by atoms with Crippen molar-refractivity contribution >= 4 is 0 Å². The van der Waals surface area contributed by atoms with Gasteiger partial charge in [-0.05, 0) is 33.1 Å². The number of benzene rings is 3. The van der Waals surface area contributed by atoms with Gasteiger partial charge in [0.1, 0.15) is 0 Å². The molecule has 0 radical (unpaired) electrons. The van der Waals surface area contributed by atoms with Crippen molar-refractivity contribution in [2.45, 2.75) is 65.2 Å². The van der Waals surface area contributed by atoms with E-state index >= 15 is 0 Å². The van der Waals surface area contributed by atoms with Crippen molar-refractivity contribution in [3.05, 3.63) is 78.4 Å². The zero-order chi connectivity index (χ0) is 26.2. The molecule has 1 saturated heterocycles. The summed E-state index contributed by atoms with van der Waals surface area (Å²) < 4.78 is 12.9. The molecular weight excluding hydrogens is 476 g/mol. The third kappa shape index (κ3) is 7.52. The topological polar surface area (TPSA) is 66.8 Å². The monoisotopic (exact) mass is 512 g/mol. The van der Waals surface area contributed by atoms with Gasteiger partial charge in [-0.25, -0.2) is 6.61 Å². The second-order valence-corrected chi connectivity index (χ2v) is 10.6. The van der Waals surface area contributed by atoms with Gasteiger partial charge in [0, 0.05) is 6.61 Å². The Morgan fingerprint density at radius 3 is 1.51 bits per heavy atom. The average molecular weight is 513 g/mol. The van der Waals surface area contributed by atoms with Crippen molar-refractivity contribution in [2.24, 2.45) is 0 Å². The maximum atomic E-state index is 10.9. The number of phenols is 2. The van der Waals surface area contributed by atoms with Crippen molar-refractivity contribution in [2.75, 3.05) is 6.61 Å². The molecule has 1 aliphatic heterocycles. The average Bonchev–Trinajstić information content (AvgIpc) is 3.40. The molecule has 3 aromatic carbocycles. The minimum absolute atomic E-state index is 0.156. The maximum absolute atomic E-state index is 10.9. The minimum atomic E-state index is -0.156. The summed E-state index contributed by atoms with van der Waals surface area (Å²) in [5.41, 5.74) is 4.61. The summed E-state index contributed by atoms with van der Waals surface area (Å²) in [5, 5.41) is 21.8. The van der Waals surface area contributed by atoms with Crippen LogP contribution in [-0.4, -0.2) is 16.8 Å². The molecule has 0 aromatic heterocycles. The molecule has 5 heteroatoms. The van der Waals surface area contributed by atoms with Gasteiger partial charge in [-0.3, -0.25) is 0 Å². The Balaban J connectivity index is 0.000000538. The van der Waals surface area contributed by atoms with E-state index in [0.29, 0.717) is 0 Å². The molecule has 188 valence electrons. The van der Waals surface area contributed by atoms with E-state index in [2.05, 4.69) is 47.6 Å². The zero-order valence-electron chi connectivity index (χ0n) is 21.5. The van der Waals surface area contributed by atoms with E-state index in [1.165, 1.54) is 22.6 Å². The van der Waals surface area contributed by atoms with Crippen LogP contribution in [0.15, 0.2) is 54.6 Å². The summed E-state index contributed by atoms with van der Waals surface area (Å²) in [7, 11) is 0. The number of hydrogen-bond acceptors (Lipinski definition) is 4. The summed E-state index contributed by atoms with van der Waals surface area (Å²) >= 11 is 1.38. The van der Waals surface area contributed by atoms with Gasteiger partial charge in [0.05, 0.1) is 11.5 Å². The molecule has 2 N–H and O–H groups in total. The molecule has 4 nitrogen and oxygen atoms in total. The summed E-state index contributed by atoms with van der Waals surface area (Å²) in [5.74, 6) is 0.576. The fourth-order valence-electron chi connectivity index (χ4n) is 3.93. The first-order valence-electron chi connectivity index (χ1n) is 11.8. The number of aromatic hydroxyl groups is 2. The number of hydrogen-bond donors (Lipinski definition) is 2. The van der Waals surface area contributed by atoms with Crippen molar-refractivity contribution in [1.29, 1.82) is 0 Å². The van der Waals surface area contributed by atoms with Crippen LogP contribution >= 0.6 is 0 Å². The number of para-hydroxylation sites is 2. The van der Waals surface area contributed by atoms with Crippen molar-refractivity contribution in [1.82, 2.24) is 0 Å². The van der Waals surface area contributed by atoms with Gasteiger partial charge < -0.3 is 14.9 Å². The Bertz CT molecular complexity index is 1020. The Labute approximate surface area is 218 Å². The quantitative estimate of drug-likeness (QED) is 0.346. The third-order valence-corrected chi connectivity index (χ3v) is 5.77. The van der Waals surface area contributed by atoms with Crippen LogP contribution in [0, 0.1) is 12.7 Å². The molecule has 0 bridgehead atoms. The molecule has 0 unspecified atom stereocenters. The van der Waals surface area contributed by atoms with Crippen molar-refractivity contribution in [3.8, 4) is 33.8 Å². The van der Waals surface area contributed by atoms with Crippen LogP contribution in [0.1, 0.15) is 65.5 Å². The first kappa shape index (κ1) is 28.8. The predicted octanol–water partition coefficient (Wildman–Crippen LogP) is 7.66. The standard InChI is InChI=1S/C26H29O2.C4H7O.Cr.O/c1-25(2,3)21-14-8-12-19(23(21)27)17-10-7-11-18(16-17)20-13-9-15-22(24(20)28)26(4,5)6;1-2-4-5-3-1;;/h7-15,27-28H,1-6H3;3H,1-2,4H2;;/q2*-1;;. The molecule has 0 atom stereocenters. The van der Waals surface area contributed by atoms with E-state index in [1.54, 1.807) is 0 Å². The van der Waals surface area contributed by atoms with E-state index in [0.717, 1.165) is 46.4 Å². The fraction of sp³-hybridized carbons (Fsp3) is 0.367. The molecule has 0 saturated carbocycles. The molecule has 4 rings (SSSR count). The first-order chi connectivity index (χ1) is 16.5.